The van der Waals surface area contributed by atoms with Gasteiger partial charge in [-0.25, -0.2) is 8.78 Å². The maximum atomic E-state index is 13.8. The number of halogens is 3. The van der Waals surface area contributed by atoms with Crippen LogP contribution < -0.4 is 9.47 Å². The third-order valence-corrected chi connectivity index (χ3v) is 3.98. The number of hydrogen-bond donors (Lipinski definition) is 0. The first-order chi connectivity index (χ1) is 10.0. The van der Waals surface area contributed by atoms with Crippen molar-refractivity contribution in [2.24, 2.45) is 0 Å². The molecule has 0 aliphatic carbocycles. The molecule has 2 aromatic carbocycles. The van der Waals surface area contributed by atoms with Crippen molar-refractivity contribution >= 4 is 15.9 Å². The zero-order chi connectivity index (χ0) is 15.4. The van der Waals surface area contributed by atoms with Gasteiger partial charge in [-0.15, -0.1) is 0 Å². The van der Waals surface area contributed by atoms with Crippen molar-refractivity contribution in [1.29, 1.82) is 0 Å². The number of hydrogen-bond acceptors (Lipinski definition) is 2. The van der Waals surface area contributed by atoms with Crippen molar-refractivity contribution in [2.45, 2.75) is 11.2 Å². The molecule has 0 fully saturated rings. The quantitative estimate of drug-likeness (QED) is 0.725. The maximum absolute atomic E-state index is 13.8. The summed E-state index contributed by atoms with van der Waals surface area (Å²) >= 11 is 3.45. The number of ether oxygens (including phenoxy) is 2. The van der Waals surface area contributed by atoms with Gasteiger partial charge in [-0.2, -0.15) is 0 Å². The van der Waals surface area contributed by atoms with E-state index in [1.54, 1.807) is 20.3 Å². The molecule has 0 bridgehead atoms. The second-order valence-electron chi connectivity index (χ2n) is 4.53. The van der Waals surface area contributed by atoms with Gasteiger partial charge in [0.2, 0.25) is 0 Å². The van der Waals surface area contributed by atoms with E-state index < -0.39 is 11.6 Å². The summed E-state index contributed by atoms with van der Waals surface area (Å²) in [7, 11) is 3.13. The van der Waals surface area contributed by atoms with Crippen LogP contribution in [0.4, 0.5) is 8.78 Å². The van der Waals surface area contributed by atoms with E-state index in [4.69, 9.17) is 9.47 Å². The molecule has 0 amide bonds. The molecule has 0 aromatic heterocycles. The van der Waals surface area contributed by atoms with Crippen LogP contribution in [0.5, 0.6) is 11.5 Å². The van der Waals surface area contributed by atoms with Crippen molar-refractivity contribution in [1.82, 2.24) is 0 Å². The van der Waals surface area contributed by atoms with Gasteiger partial charge >= 0.3 is 0 Å². The summed E-state index contributed by atoms with van der Waals surface area (Å²) in [6, 6.07) is 9.12. The minimum Gasteiger partial charge on any atom is -0.493 e. The highest BCUT2D eigenvalue weighted by Gasteiger charge is 2.15. The Labute approximate surface area is 130 Å². The Balaban J connectivity index is 2.21. The van der Waals surface area contributed by atoms with Crippen LogP contribution in [0.3, 0.4) is 0 Å². The van der Waals surface area contributed by atoms with Crippen molar-refractivity contribution < 1.29 is 18.3 Å². The molecule has 0 aliphatic rings. The van der Waals surface area contributed by atoms with Crippen LogP contribution in [0.15, 0.2) is 36.4 Å². The van der Waals surface area contributed by atoms with Gasteiger partial charge in [0.05, 0.1) is 14.2 Å². The van der Waals surface area contributed by atoms with Crippen LogP contribution in [-0.4, -0.2) is 14.2 Å². The molecule has 112 valence electrons. The van der Waals surface area contributed by atoms with Crippen LogP contribution >= 0.6 is 15.9 Å². The zero-order valence-corrected chi connectivity index (χ0v) is 13.3. The van der Waals surface area contributed by atoms with Gasteiger partial charge in [0.15, 0.2) is 11.5 Å². The lowest BCUT2D eigenvalue weighted by molar-refractivity contribution is 0.354. The monoisotopic (exact) mass is 356 g/mol. The average Bonchev–Trinajstić information content (AvgIpc) is 2.46. The van der Waals surface area contributed by atoms with E-state index in [1.165, 1.54) is 12.1 Å². The molecule has 1 unspecified atom stereocenters. The minimum absolute atomic E-state index is 0.254. The maximum Gasteiger partial charge on any atom is 0.160 e. The van der Waals surface area contributed by atoms with Gasteiger partial charge in [0.1, 0.15) is 11.6 Å². The zero-order valence-electron chi connectivity index (χ0n) is 11.7. The first-order valence-corrected chi connectivity index (χ1v) is 7.26. The summed E-state index contributed by atoms with van der Waals surface area (Å²) in [5.74, 6) is 0.119. The molecule has 0 heterocycles. The summed E-state index contributed by atoms with van der Waals surface area (Å²) in [6.07, 6.45) is 0.545. The lowest BCUT2D eigenvalue weighted by atomic mass is 10.0. The second-order valence-corrected chi connectivity index (χ2v) is 5.63. The second kappa shape index (κ2) is 6.89. The largest absolute Gasteiger partial charge is 0.493 e. The van der Waals surface area contributed by atoms with Crippen LogP contribution in [-0.2, 0) is 6.42 Å². The average molecular weight is 357 g/mol. The van der Waals surface area contributed by atoms with Gasteiger partial charge in [-0.05, 0) is 30.2 Å². The molecule has 0 saturated carbocycles. The Morgan fingerprint density at radius 1 is 1.00 bits per heavy atom. The number of methoxy groups -OCH3 is 2. The van der Waals surface area contributed by atoms with E-state index in [2.05, 4.69) is 15.9 Å². The Bertz CT molecular complexity index is 632. The van der Waals surface area contributed by atoms with E-state index >= 15 is 0 Å². The van der Waals surface area contributed by atoms with E-state index in [9.17, 15) is 8.78 Å². The van der Waals surface area contributed by atoms with Crippen LogP contribution in [0, 0.1) is 11.6 Å². The van der Waals surface area contributed by atoms with Crippen LogP contribution in [0.1, 0.15) is 16.0 Å². The highest BCUT2D eigenvalue weighted by atomic mass is 79.9. The highest BCUT2D eigenvalue weighted by molar-refractivity contribution is 9.09. The van der Waals surface area contributed by atoms with E-state index in [-0.39, 0.29) is 4.83 Å². The molecular weight excluding hydrogens is 342 g/mol. The molecule has 21 heavy (non-hydrogen) atoms. The third-order valence-electron chi connectivity index (χ3n) is 3.16. The Morgan fingerprint density at radius 3 is 2.33 bits per heavy atom. The van der Waals surface area contributed by atoms with E-state index in [0.717, 1.165) is 11.6 Å². The Morgan fingerprint density at radius 2 is 1.71 bits per heavy atom. The topological polar surface area (TPSA) is 18.5 Å². The number of rotatable bonds is 5. The molecule has 0 saturated heterocycles. The molecule has 0 radical (unpaired) electrons. The standard InChI is InChI=1S/C16H15BrF2O2/c1-20-15-6-3-10(8-16(15)21-2)7-13(17)12-5-4-11(18)9-14(12)19/h3-6,8-9,13H,7H2,1-2H3. The molecule has 2 nitrogen and oxygen atoms in total. The van der Waals surface area contributed by atoms with Gasteiger partial charge in [0, 0.05) is 16.5 Å². The summed E-state index contributed by atoms with van der Waals surface area (Å²) < 4.78 is 37.1. The summed E-state index contributed by atoms with van der Waals surface area (Å²) in [5, 5.41) is 0. The van der Waals surface area contributed by atoms with Gasteiger partial charge in [-0.1, -0.05) is 28.1 Å². The molecule has 1 atom stereocenters. The van der Waals surface area contributed by atoms with Crippen molar-refractivity contribution in [3.05, 3.63) is 59.2 Å². The summed E-state index contributed by atoms with van der Waals surface area (Å²) in [6.45, 7) is 0. The fraction of sp³-hybridized carbons (Fsp3) is 0.250. The SMILES string of the molecule is COc1ccc(CC(Br)c2ccc(F)cc2F)cc1OC. The minimum atomic E-state index is -0.581. The summed E-state index contributed by atoms with van der Waals surface area (Å²) in [4.78, 5) is -0.254. The molecule has 0 spiro atoms. The van der Waals surface area contributed by atoms with Gasteiger partial charge < -0.3 is 9.47 Å². The van der Waals surface area contributed by atoms with Gasteiger partial charge in [0.25, 0.3) is 0 Å². The molecule has 2 rings (SSSR count). The van der Waals surface area contributed by atoms with Gasteiger partial charge in [-0.3, -0.25) is 0 Å². The van der Waals surface area contributed by atoms with E-state index in [1.807, 2.05) is 12.1 Å². The Kier molecular flexibility index (Phi) is 5.17. The molecule has 2 aromatic rings. The predicted octanol–water partition coefficient (Wildman–Crippen LogP) is 4.66. The molecular formula is C16H15BrF2O2. The first-order valence-electron chi connectivity index (χ1n) is 6.35. The molecule has 0 aliphatic heterocycles. The lowest BCUT2D eigenvalue weighted by Crippen LogP contribution is -2.00. The van der Waals surface area contributed by atoms with Crippen molar-refractivity contribution in [3.63, 3.8) is 0 Å². The first kappa shape index (κ1) is 15.8. The number of alkyl halides is 1. The fourth-order valence-electron chi connectivity index (χ4n) is 2.08. The Hall–Kier alpha value is -1.62. The van der Waals surface area contributed by atoms with Crippen molar-refractivity contribution in [3.8, 4) is 11.5 Å². The predicted molar refractivity (Wildman–Crippen MR) is 81.3 cm³/mol. The fourth-order valence-corrected chi connectivity index (χ4v) is 2.83. The van der Waals surface area contributed by atoms with E-state index in [0.29, 0.717) is 23.5 Å². The molecule has 5 heteroatoms. The van der Waals surface area contributed by atoms with Crippen molar-refractivity contribution in [2.75, 3.05) is 14.2 Å². The highest BCUT2D eigenvalue weighted by Crippen LogP contribution is 2.33. The smallest absolute Gasteiger partial charge is 0.160 e. The molecule has 0 N–H and O–H groups in total. The van der Waals surface area contributed by atoms with Crippen LogP contribution in [0.2, 0.25) is 0 Å². The normalized spacial score (nSPS) is 12.0. The summed E-state index contributed by atoms with van der Waals surface area (Å²) in [5.41, 5.74) is 1.38. The number of benzene rings is 2. The third kappa shape index (κ3) is 3.73. The van der Waals surface area contributed by atoms with Crippen LogP contribution in [0.25, 0.3) is 0 Å². The lowest BCUT2D eigenvalue weighted by Gasteiger charge is -2.13.